The van der Waals surface area contributed by atoms with Gasteiger partial charge >= 0.3 is 0 Å². The van der Waals surface area contributed by atoms with Crippen molar-refractivity contribution in [3.63, 3.8) is 0 Å². The lowest BCUT2D eigenvalue weighted by Gasteiger charge is -2.31. The Morgan fingerprint density at radius 2 is 1.93 bits per heavy atom. The molecule has 0 aliphatic heterocycles. The molecule has 2 atom stereocenters. The Morgan fingerprint density at radius 1 is 1.27 bits per heavy atom. The molecule has 1 fully saturated rings. The molecule has 0 saturated heterocycles. The van der Waals surface area contributed by atoms with Gasteiger partial charge in [0.05, 0.1) is 5.75 Å². The van der Waals surface area contributed by atoms with Crippen molar-refractivity contribution in [1.82, 2.24) is 4.72 Å². The van der Waals surface area contributed by atoms with Crippen LogP contribution >= 0.6 is 11.8 Å². The first kappa shape index (κ1) is 13.3. The van der Waals surface area contributed by atoms with E-state index in [1.54, 1.807) is 6.92 Å². The normalized spacial score (nSPS) is 27.9. The van der Waals surface area contributed by atoms with Crippen LogP contribution < -0.4 is 4.72 Å². The molecule has 1 rings (SSSR count). The highest BCUT2D eigenvalue weighted by Gasteiger charge is 2.27. The van der Waals surface area contributed by atoms with Gasteiger partial charge in [0.25, 0.3) is 0 Å². The van der Waals surface area contributed by atoms with E-state index in [-0.39, 0.29) is 11.8 Å². The average Bonchev–Trinajstić information content (AvgIpc) is 2.21. The van der Waals surface area contributed by atoms with Gasteiger partial charge in [-0.15, -0.1) is 0 Å². The van der Waals surface area contributed by atoms with Crippen LogP contribution in [0.15, 0.2) is 0 Å². The van der Waals surface area contributed by atoms with Gasteiger partial charge in [-0.1, -0.05) is 19.8 Å². The molecule has 5 heteroatoms. The summed E-state index contributed by atoms with van der Waals surface area (Å²) >= 11 is 1.88. The highest BCUT2D eigenvalue weighted by molar-refractivity contribution is 8.00. The second-order valence-electron chi connectivity index (χ2n) is 3.91. The van der Waals surface area contributed by atoms with Crippen LogP contribution in [0.3, 0.4) is 0 Å². The van der Waals surface area contributed by atoms with Crippen molar-refractivity contribution in [2.75, 3.05) is 11.5 Å². The minimum atomic E-state index is -3.03. The molecule has 1 aliphatic carbocycles. The number of thioether (sulfide) groups is 1. The molecule has 90 valence electrons. The maximum atomic E-state index is 11.5. The minimum absolute atomic E-state index is 0.161. The lowest BCUT2D eigenvalue weighted by molar-refractivity contribution is 0.423. The van der Waals surface area contributed by atoms with Crippen molar-refractivity contribution in [3.8, 4) is 0 Å². The summed E-state index contributed by atoms with van der Waals surface area (Å²) in [6, 6.07) is 0.161. The lowest BCUT2D eigenvalue weighted by atomic mass is 9.96. The molecule has 0 radical (unpaired) electrons. The van der Waals surface area contributed by atoms with Crippen molar-refractivity contribution in [2.45, 2.75) is 50.8 Å². The zero-order valence-electron chi connectivity index (χ0n) is 9.53. The van der Waals surface area contributed by atoms with E-state index >= 15 is 0 Å². The third-order valence-corrected chi connectivity index (χ3v) is 5.54. The van der Waals surface area contributed by atoms with Gasteiger partial charge in [-0.3, -0.25) is 0 Å². The molecule has 1 N–H and O–H groups in total. The predicted octanol–water partition coefficient (Wildman–Crippen LogP) is 1.99. The number of sulfonamides is 1. The molecule has 1 aliphatic rings. The summed E-state index contributed by atoms with van der Waals surface area (Å²) in [6.45, 7) is 3.82. The summed E-state index contributed by atoms with van der Waals surface area (Å²) in [5.74, 6) is 1.25. The van der Waals surface area contributed by atoms with Crippen LogP contribution in [-0.2, 0) is 10.0 Å². The van der Waals surface area contributed by atoms with E-state index in [9.17, 15) is 8.42 Å². The molecule has 0 amide bonds. The molecule has 15 heavy (non-hydrogen) atoms. The van der Waals surface area contributed by atoms with E-state index < -0.39 is 10.0 Å². The van der Waals surface area contributed by atoms with Crippen molar-refractivity contribution in [1.29, 1.82) is 0 Å². The summed E-state index contributed by atoms with van der Waals surface area (Å²) in [5.41, 5.74) is 0. The van der Waals surface area contributed by atoms with E-state index in [1.165, 1.54) is 6.42 Å². The van der Waals surface area contributed by atoms with Gasteiger partial charge in [0.15, 0.2) is 0 Å². The van der Waals surface area contributed by atoms with Gasteiger partial charge in [0, 0.05) is 11.3 Å². The van der Waals surface area contributed by atoms with Crippen molar-refractivity contribution < 1.29 is 8.42 Å². The first-order chi connectivity index (χ1) is 7.09. The van der Waals surface area contributed by atoms with Crippen LogP contribution in [-0.4, -0.2) is 31.2 Å². The fourth-order valence-corrected chi connectivity index (χ4v) is 4.15. The molecule has 0 heterocycles. The van der Waals surface area contributed by atoms with Crippen LogP contribution in [0.1, 0.15) is 39.5 Å². The van der Waals surface area contributed by atoms with Crippen molar-refractivity contribution >= 4 is 21.8 Å². The summed E-state index contributed by atoms with van der Waals surface area (Å²) in [7, 11) is -3.03. The number of hydrogen-bond acceptors (Lipinski definition) is 3. The highest BCUT2D eigenvalue weighted by Crippen LogP contribution is 2.28. The van der Waals surface area contributed by atoms with Crippen LogP contribution in [0.4, 0.5) is 0 Å². The molecule has 0 unspecified atom stereocenters. The molecule has 0 aromatic rings. The highest BCUT2D eigenvalue weighted by atomic mass is 32.2. The van der Waals surface area contributed by atoms with Crippen LogP contribution in [0.5, 0.6) is 0 Å². The summed E-state index contributed by atoms with van der Waals surface area (Å²) in [4.78, 5) is 0. The Bertz CT molecular complexity index is 275. The Kier molecular flexibility index (Phi) is 5.43. The first-order valence-corrected chi connectivity index (χ1v) is 8.40. The third-order valence-electron chi connectivity index (χ3n) is 2.79. The van der Waals surface area contributed by atoms with E-state index in [4.69, 9.17) is 0 Å². The smallest absolute Gasteiger partial charge is 0.211 e. The Morgan fingerprint density at radius 3 is 2.53 bits per heavy atom. The van der Waals surface area contributed by atoms with Gasteiger partial charge in [-0.25, -0.2) is 13.1 Å². The summed E-state index contributed by atoms with van der Waals surface area (Å²) in [6.07, 6.45) is 4.53. The molecule has 1 saturated carbocycles. The standard InChI is InChI=1S/C10H21NO2S2/c1-3-14-10-8-6-5-7-9(10)11-15(12,13)4-2/h9-11H,3-8H2,1-2H3/t9-,10-/m0/s1. The molecule has 0 spiro atoms. The largest absolute Gasteiger partial charge is 0.212 e. The van der Waals surface area contributed by atoms with E-state index in [0.29, 0.717) is 5.25 Å². The topological polar surface area (TPSA) is 46.2 Å². The summed E-state index contributed by atoms with van der Waals surface area (Å²) in [5, 5.41) is 0.477. The number of nitrogens with one attached hydrogen (secondary N) is 1. The van der Waals surface area contributed by atoms with Crippen molar-refractivity contribution in [2.24, 2.45) is 0 Å². The van der Waals surface area contributed by atoms with E-state index in [2.05, 4.69) is 11.6 Å². The monoisotopic (exact) mass is 251 g/mol. The quantitative estimate of drug-likeness (QED) is 0.813. The maximum absolute atomic E-state index is 11.5. The van der Waals surface area contributed by atoms with Gasteiger partial charge in [0.2, 0.25) is 10.0 Å². The second-order valence-corrected chi connectivity index (χ2v) is 7.46. The Hall–Kier alpha value is 0.260. The minimum Gasteiger partial charge on any atom is -0.212 e. The second kappa shape index (κ2) is 6.11. The lowest BCUT2D eigenvalue weighted by Crippen LogP contribution is -2.44. The molecule has 0 aromatic carbocycles. The first-order valence-electron chi connectivity index (χ1n) is 5.70. The van der Waals surface area contributed by atoms with Crippen LogP contribution in [0, 0.1) is 0 Å². The number of hydrogen-bond donors (Lipinski definition) is 1. The van der Waals surface area contributed by atoms with Gasteiger partial charge in [0.1, 0.15) is 0 Å². The number of rotatable bonds is 5. The fraction of sp³-hybridized carbons (Fsp3) is 1.00. The Balaban J connectivity index is 2.56. The van der Waals surface area contributed by atoms with E-state index in [0.717, 1.165) is 25.0 Å². The maximum Gasteiger partial charge on any atom is 0.211 e. The van der Waals surface area contributed by atoms with Crippen LogP contribution in [0.2, 0.25) is 0 Å². The van der Waals surface area contributed by atoms with E-state index in [1.807, 2.05) is 11.8 Å². The predicted molar refractivity (Wildman–Crippen MR) is 66.8 cm³/mol. The molecular weight excluding hydrogens is 230 g/mol. The third kappa shape index (κ3) is 4.33. The fourth-order valence-electron chi connectivity index (χ4n) is 1.96. The van der Waals surface area contributed by atoms with Gasteiger partial charge in [-0.05, 0) is 25.5 Å². The molecule has 3 nitrogen and oxygen atoms in total. The zero-order valence-corrected chi connectivity index (χ0v) is 11.2. The molecule has 0 bridgehead atoms. The van der Waals surface area contributed by atoms with Gasteiger partial charge in [-0.2, -0.15) is 11.8 Å². The molecular formula is C10H21NO2S2. The molecule has 0 aromatic heterocycles. The van der Waals surface area contributed by atoms with Gasteiger partial charge < -0.3 is 0 Å². The van der Waals surface area contributed by atoms with Crippen molar-refractivity contribution in [3.05, 3.63) is 0 Å². The summed E-state index contributed by atoms with van der Waals surface area (Å²) < 4.78 is 25.8. The Labute approximate surface area is 97.5 Å². The van der Waals surface area contributed by atoms with Crippen LogP contribution in [0.25, 0.3) is 0 Å². The SMILES string of the molecule is CCS[C@H]1CCCC[C@@H]1NS(=O)(=O)CC. The average molecular weight is 251 g/mol. The zero-order chi connectivity index (χ0) is 11.3.